The summed E-state index contributed by atoms with van der Waals surface area (Å²) in [5, 5.41) is 7.65. The van der Waals surface area contributed by atoms with Crippen molar-refractivity contribution in [3.05, 3.63) is 139 Å². The first-order valence-electron chi connectivity index (χ1n) is 21.4. The van der Waals surface area contributed by atoms with E-state index in [4.69, 9.17) is 23.2 Å². The first-order valence-corrected chi connectivity index (χ1v) is 25.2. The Labute approximate surface area is 362 Å². The van der Waals surface area contributed by atoms with Gasteiger partial charge in [0.25, 0.3) is 0 Å². The molecule has 3 N–H and O–H groups in total. The van der Waals surface area contributed by atoms with E-state index in [1.807, 2.05) is 56.6 Å². The van der Waals surface area contributed by atoms with Crippen molar-refractivity contribution in [1.29, 1.82) is 0 Å². The number of fused-ring (bicyclic) bond motifs is 2. The van der Waals surface area contributed by atoms with Gasteiger partial charge < -0.3 is 10.6 Å². The maximum atomic E-state index is 14.6. The molecule has 4 aliphatic rings. The van der Waals surface area contributed by atoms with E-state index in [1.165, 1.54) is 32.1 Å². The minimum atomic E-state index is -4.09. The van der Waals surface area contributed by atoms with Gasteiger partial charge in [-0.15, -0.1) is 0 Å². The van der Waals surface area contributed by atoms with Gasteiger partial charge in [0.1, 0.15) is 0 Å². The summed E-state index contributed by atoms with van der Waals surface area (Å²) in [6.45, 7) is 1.98. The predicted octanol–water partition coefficient (Wildman–Crippen LogP) is 8.16. The molecule has 4 aromatic carbocycles. The van der Waals surface area contributed by atoms with E-state index < -0.39 is 30.2 Å². The molecule has 0 radical (unpaired) electrons. The summed E-state index contributed by atoms with van der Waals surface area (Å²) < 4.78 is 62.8. The van der Waals surface area contributed by atoms with Crippen molar-refractivity contribution in [3.63, 3.8) is 0 Å². The molecule has 0 aliphatic heterocycles. The molecule has 0 amide bonds. The van der Waals surface area contributed by atoms with Crippen molar-refractivity contribution in [2.45, 2.75) is 99.1 Å². The Kier molecular flexibility index (Phi) is 13.0. The Morgan fingerprint density at radius 2 is 1.22 bits per heavy atom. The van der Waals surface area contributed by atoms with E-state index in [9.17, 15) is 16.8 Å². The van der Waals surface area contributed by atoms with Crippen molar-refractivity contribution in [3.8, 4) is 0 Å². The second-order valence-electron chi connectivity index (χ2n) is 17.5. The second-order valence-corrected chi connectivity index (χ2v) is 22.6. The molecule has 316 valence electrons. The van der Waals surface area contributed by atoms with Gasteiger partial charge in [0.2, 0.25) is 20.0 Å². The molecule has 0 aromatic heterocycles. The Balaban J connectivity index is 1.03. The van der Waals surface area contributed by atoms with Crippen LogP contribution in [-0.4, -0.2) is 65.0 Å². The Morgan fingerprint density at radius 1 is 0.678 bits per heavy atom. The summed E-state index contributed by atoms with van der Waals surface area (Å²) >= 11 is 12.8. The molecule has 0 spiro atoms. The molecule has 8 rings (SSSR count). The zero-order valence-corrected chi connectivity index (χ0v) is 37.4. The lowest BCUT2D eigenvalue weighted by atomic mass is 9.86. The van der Waals surface area contributed by atoms with Gasteiger partial charge in [0, 0.05) is 23.1 Å². The molecular weight excluding hydrogens is 820 g/mol. The lowest BCUT2D eigenvalue weighted by Crippen LogP contribution is -2.65. The van der Waals surface area contributed by atoms with Gasteiger partial charge in [-0.3, -0.25) is 0 Å². The molecule has 2 fully saturated rings. The minimum absolute atomic E-state index is 0.0280. The Morgan fingerprint density at radius 3 is 1.69 bits per heavy atom. The molecule has 12 heteroatoms. The molecule has 8 nitrogen and oxygen atoms in total. The van der Waals surface area contributed by atoms with Crippen LogP contribution in [0.4, 0.5) is 0 Å². The number of nitrogens with one attached hydrogen (secondary N) is 3. The van der Waals surface area contributed by atoms with Gasteiger partial charge in [-0.1, -0.05) is 90.3 Å². The van der Waals surface area contributed by atoms with Gasteiger partial charge in [0.15, 0.2) is 4.87 Å². The third-order valence-electron chi connectivity index (χ3n) is 13.8. The largest absolute Gasteiger partial charge is 0.319 e. The summed E-state index contributed by atoms with van der Waals surface area (Å²) in [7, 11) is -4.03. The summed E-state index contributed by atoms with van der Waals surface area (Å²) in [5.41, 5.74) is 9.41. The van der Waals surface area contributed by atoms with Gasteiger partial charge in [-0.25, -0.2) is 21.6 Å². The smallest absolute Gasteiger partial charge is 0.231 e. The lowest BCUT2D eigenvalue weighted by molar-refractivity contribution is 0.159. The van der Waals surface area contributed by atoms with Crippen LogP contribution in [0.1, 0.15) is 94.9 Å². The minimum Gasteiger partial charge on any atom is -0.319 e. The molecule has 0 saturated heterocycles. The van der Waals surface area contributed by atoms with Gasteiger partial charge >= 0.3 is 0 Å². The van der Waals surface area contributed by atoms with E-state index in [0.717, 1.165) is 66.9 Å². The van der Waals surface area contributed by atoms with Crippen molar-refractivity contribution >= 4 is 43.2 Å². The quantitative estimate of drug-likeness (QED) is 0.0932. The Hall–Kier alpha value is -2.80. The monoisotopic (exact) mass is 876 g/mol. The SMILES string of the molecule is CNCC1Cc2ccc(CCNS(=O)(=O)C3(N(Cc4ccc5c(c4)C(Cc4cccc(Cl)c4)C(CNC)C5)S(=O)(=O)C4CCC4)CCC3)cc2C1Cc1cccc(Cl)c1. The van der Waals surface area contributed by atoms with Gasteiger partial charge in [-0.2, -0.15) is 4.31 Å². The van der Waals surface area contributed by atoms with Crippen molar-refractivity contribution in [1.82, 2.24) is 19.7 Å². The topological polar surface area (TPSA) is 108 Å². The molecule has 4 atom stereocenters. The van der Waals surface area contributed by atoms with E-state index in [2.05, 4.69) is 57.8 Å². The van der Waals surface area contributed by atoms with Crippen LogP contribution >= 0.6 is 23.2 Å². The standard InChI is InChI=1S/C47H58Cl2N4O4S2/c1-50-29-38-27-36-15-13-32(23-43(36)45(38)24-33-7-3-9-40(48)21-33)17-20-52-59(56,57)47(18-6-19-47)53(58(54,55)42-11-5-12-42)31-35-14-16-37-28-39(30-51-2)46(44(37)26-35)25-34-8-4-10-41(49)22-34/h3-4,7-10,13-16,21-23,26,38-39,42,45-46,50-52H,5-6,11-12,17-20,24-25,27-31H2,1-2H3. The summed E-state index contributed by atoms with van der Waals surface area (Å²) in [4.78, 5) is -1.53. The van der Waals surface area contributed by atoms with Crippen LogP contribution in [0, 0.1) is 11.8 Å². The number of halogens is 2. The van der Waals surface area contributed by atoms with E-state index in [-0.39, 0.29) is 31.8 Å². The lowest BCUT2D eigenvalue weighted by Gasteiger charge is -2.49. The highest BCUT2D eigenvalue weighted by molar-refractivity contribution is 7.94. The third kappa shape index (κ3) is 8.81. The molecule has 4 aromatic rings. The first kappa shape index (κ1) is 42.9. The number of hydrogen-bond acceptors (Lipinski definition) is 6. The number of nitrogens with zero attached hydrogens (tertiary/aromatic N) is 1. The summed E-state index contributed by atoms with van der Waals surface area (Å²) in [5.74, 6) is 1.35. The highest BCUT2D eigenvalue weighted by Gasteiger charge is 2.58. The van der Waals surface area contributed by atoms with Crippen LogP contribution in [0.5, 0.6) is 0 Å². The molecule has 2 saturated carbocycles. The van der Waals surface area contributed by atoms with Crippen LogP contribution in [-0.2, 0) is 58.7 Å². The zero-order chi connectivity index (χ0) is 41.4. The number of rotatable bonds is 18. The third-order valence-corrected chi connectivity index (χ3v) is 19.1. The van der Waals surface area contributed by atoms with Crippen LogP contribution in [0.2, 0.25) is 10.0 Å². The summed E-state index contributed by atoms with van der Waals surface area (Å²) in [6.07, 6.45) is 7.29. The van der Waals surface area contributed by atoms with Crippen molar-refractivity contribution < 1.29 is 16.8 Å². The maximum Gasteiger partial charge on any atom is 0.231 e. The van der Waals surface area contributed by atoms with E-state index in [1.54, 1.807) is 0 Å². The van der Waals surface area contributed by atoms with Crippen LogP contribution in [0.25, 0.3) is 0 Å². The molecule has 4 unspecified atom stereocenters. The normalized spacial score (nSPS) is 22.5. The fourth-order valence-electron chi connectivity index (χ4n) is 10.4. The molecule has 0 bridgehead atoms. The molecule has 59 heavy (non-hydrogen) atoms. The highest BCUT2D eigenvalue weighted by Crippen LogP contribution is 2.48. The predicted molar refractivity (Wildman–Crippen MR) is 240 cm³/mol. The first-order chi connectivity index (χ1) is 28.4. The van der Waals surface area contributed by atoms with Gasteiger partial charge in [0.05, 0.1) is 5.25 Å². The summed E-state index contributed by atoms with van der Waals surface area (Å²) in [6, 6.07) is 29.0. The van der Waals surface area contributed by atoms with Crippen molar-refractivity contribution in [2.75, 3.05) is 33.7 Å². The number of benzene rings is 4. The van der Waals surface area contributed by atoms with E-state index >= 15 is 0 Å². The van der Waals surface area contributed by atoms with Crippen LogP contribution < -0.4 is 15.4 Å². The number of hydrogen-bond donors (Lipinski definition) is 3. The van der Waals surface area contributed by atoms with Crippen LogP contribution in [0.3, 0.4) is 0 Å². The molecule has 4 aliphatic carbocycles. The molecular formula is C47H58Cl2N4O4S2. The van der Waals surface area contributed by atoms with E-state index in [0.29, 0.717) is 48.5 Å². The zero-order valence-electron chi connectivity index (χ0n) is 34.2. The fourth-order valence-corrected chi connectivity index (χ4v) is 15.5. The number of sulfonamides is 2. The average Bonchev–Trinajstić information content (AvgIpc) is 3.66. The highest BCUT2D eigenvalue weighted by atomic mass is 35.5. The Bertz CT molecular complexity index is 2370. The van der Waals surface area contributed by atoms with Crippen LogP contribution in [0.15, 0.2) is 84.9 Å². The maximum absolute atomic E-state index is 14.6. The molecule has 0 heterocycles. The fraction of sp³-hybridized carbons (Fsp3) is 0.489. The average molecular weight is 878 g/mol. The van der Waals surface area contributed by atoms with Crippen molar-refractivity contribution in [2.24, 2.45) is 11.8 Å². The van der Waals surface area contributed by atoms with Gasteiger partial charge in [-0.05, 0) is 184 Å². The second kappa shape index (κ2) is 17.9.